The van der Waals surface area contributed by atoms with E-state index in [0.717, 1.165) is 18.8 Å². The number of para-hydroxylation sites is 1. The standard InChI is InChI=1S/C18H32N2O/c1-5-7-13-20(14-8-6-2)18(15(3)19)16-11-9-10-12-17(16)21-4/h9-12,15,18H,5-8,13-14,19H2,1-4H3. The Balaban J connectivity index is 3.04. The van der Waals surface area contributed by atoms with Gasteiger partial charge in [0.25, 0.3) is 0 Å². The number of nitrogens with zero attached hydrogens (tertiary/aromatic N) is 1. The molecule has 3 heteroatoms. The van der Waals surface area contributed by atoms with Crippen molar-refractivity contribution >= 4 is 0 Å². The van der Waals surface area contributed by atoms with Crippen LogP contribution in [-0.2, 0) is 0 Å². The Hall–Kier alpha value is -1.06. The Morgan fingerprint density at radius 3 is 2.14 bits per heavy atom. The minimum absolute atomic E-state index is 0.0787. The molecule has 3 nitrogen and oxygen atoms in total. The first-order valence-corrected chi connectivity index (χ1v) is 8.28. The molecule has 120 valence electrons. The molecule has 0 radical (unpaired) electrons. The highest BCUT2D eigenvalue weighted by atomic mass is 16.5. The molecule has 1 rings (SSSR count). The van der Waals surface area contributed by atoms with Crippen molar-refractivity contribution in [2.45, 2.75) is 58.5 Å². The van der Waals surface area contributed by atoms with Gasteiger partial charge in [0, 0.05) is 11.6 Å². The van der Waals surface area contributed by atoms with Crippen LogP contribution in [0.1, 0.15) is 58.1 Å². The molecule has 2 unspecified atom stereocenters. The fourth-order valence-corrected chi connectivity index (χ4v) is 2.84. The maximum absolute atomic E-state index is 6.34. The molecule has 0 amide bonds. The number of benzene rings is 1. The van der Waals surface area contributed by atoms with Gasteiger partial charge in [-0.1, -0.05) is 44.9 Å². The highest BCUT2D eigenvalue weighted by molar-refractivity contribution is 5.36. The summed E-state index contributed by atoms with van der Waals surface area (Å²) in [6.07, 6.45) is 4.84. The van der Waals surface area contributed by atoms with E-state index >= 15 is 0 Å². The Morgan fingerprint density at radius 1 is 1.10 bits per heavy atom. The fourth-order valence-electron chi connectivity index (χ4n) is 2.84. The molecular weight excluding hydrogens is 260 g/mol. The van der Waals surface area contributed by atoms with Crippen molar-refractivity contribution in [2.24, 2.45) is 5.73 Å². The maximum atomic E-state index is 6.34. The summed E-state index contributed by atoms with van der Waals surface area (Å²) in [6.45, 7) is 8.77. The van der Waals surface area contributed by atoms with Gasteiger partial charge in [0.15, 0.2) is 0 Å². The second-order valence-electron chi connectivity index (χ2n) is 5.79. The van der Waals surface area contributed by atoms with Crippen LogP contribution in [-0.4, -0.2) is 31.1 Å². The lowest BCUT2D eigenvalue weighted by atomic mass is 9.97. The molecular formula is C18H32N2O. The van der Waals surface area contributed by atoms with E-state index in [1.165, 1.54) is 31.2 Å². The third-order valence-electron chi connectivity index (χ3n) is 3.95. The van der Waals surface area contributed by atoms with Gasteiger partial charge in [-0.3, -0.25) is 4.90 Å². The number of nitrogens with two attached hydrogens (primary N) is 1. The molecule has 2 atom stereocenters. The first-order valence-electron chi connectivity index (χ1n) is 8.28. The molecule has 0 aliphatic heterocycles. The lowest BCUT2D eigenvalue weighted by Crippen LogP contribution is -2.40. The smallest absolute Gasteiger partial charge is 0.123 e. The van der Waals surface area contributed by atoms with Crippen LogP contribution in [0.2, 0.25) is 0 Å². The largest absolute Gasteiger partial charge is 0.496 e. The van der Waals surface area contributed by atoms with E-state index in [2.05, 4.69) is 37.8 Å². The summed E-state index contributed by atoms with van der Waals surface area (Å²) in [6, 6.07) is 8.57. The summed E-state index contributed by atoms with van der Waals surface area (Å²) in [5.74, 6) is 0.942. The molecule has 0 aliphatic rings. The second-order valence-corrected chi connectivity index (χ2v) is 5.79. The van der Waals surface area contributed by atoms with Gasteiger partial charge >= 0.3 is 0 Å². The lowest BCUT2D eigenvalue weighted by Gasteiger charge is -2.35. The summed E-state index contributed by atoms with van der Waals surface area (Å²) < 4.78 is 5.55. The van der Waals surface area contributed by atoms with Gasteiger partial charge in [-0.25, -0.2) is 0 Å². The number of ether oxygens (including phenoxy) is 1. The van der Waals surface area contributed by atoms with Crippen LogP contribution >= 0.6 is 0 Å². The summed E-state index contributed by atoms with van der Waals surface area (Å²) in [5.41, 5.74) is 7.55. The third kappa shape index (κ3) is 5.33. The Morgan fingerprint density at radius 2 is 1.67 bits per heavy atom. The number of hydrogen-bond donors (Lipinski definition) is 1. The van der Waals surface area contributed by atoms with Crippen LogP contribution in [0.4, 0.5) is 0 Å². The van der Waals surface area contributed by atoms with Crippen molar-refractivity contribution < 1.29 is 4.74 Å². The Bertz CT molecular complexity index is 385. The highest BCUT2D eigenvalue weighted by Crippen LogP contribution is 2.31. The summed E-state index contributed by atoms with van der Waals surface area (Å²) >= 11 is 0. The first kappa shape index (κ1) is 18.0. The second kappa shape index (κ2) is 9.80. The Kier molecular flexibility index (Phi) is 8.40. The predicted octanol–water partition coefficient (Wildman–Crippen LogP) is 3.99. The van der Waals surface area contributed by atoms with Crippen molar-refractivity contribution in [3.63, 3.8) is 0 Å². The first-order chi connectivity index (χ1) is 10.2. The van der Waals surface area contributed by atoms with Gasteiger partial charge in [-0.05, 0) is 38.9 Å². The number of rotatable bonds is 10. The molecule has 0 saturated heterocycles. The number of methoxy groups -OCH3 is 1. The Labute approximate surface area is 130 Å². The van der Waals surface area contributed by atoms with Crippen molar-refractivity contribution in [3.8, 4) is 5.75 Å². The molecule has 0 aromatic heterocycles. The normalized spacial score (nSPS) is 14.2. The van der Waals surface area contributed by atoms with Crippen molar-refractivity contribution in [1.82, 2.24) is 4.90 Å². The topological polar surface area (TPSA) is 38.5 Å². The molecule has 1 aromatic carbocycles. The van der Waals surface area contributed by atoms with Crippen molar-refractivity contribution in [3.05, 3.63) is 29.8 Å². The predicted molar refractivity (Wildman–Crippen MR) is 90.8 cm³/mol. The van der Waals surface area contributed by atoms with E-state index in [1.54, 1.807) is 7.11 Å². The SMILES string of the molecule is CCCCN(CCCC)C(c1ccccc1OC)C(C)N. The van der Waals surface area contributed by atoms with E-state index < -0.39 is 0 Å². The van der Waals surface area contributed by atoms with Gasteiger partial charge < -0.3 is 10.5 Å². The zero-order valence-corrected chi connectivity index (χ0v) is 14.1. The molecule has 0 aliphatic carbocycles. The van der Waals surface area contributed by atoms with Crippen LogP contribution in [0.15, 0.2) is 24.3 Å². The quantitative estimate of drug-likeness (QED) is 0.709. The number of unbranched alkanes of at least 4 members (excludes halogenated alkanes) is 2. The zero-order chi connectivity index (χ0) is 15.7. The van der Waals surface area contributed by atoms with Gasteiger partial charge in [0.1, 0.15) is 5.75 Å². The third-order valence-corrected chi connectivity index (χ3v) is 3.95. The number of hydrogen-bond acceptors (Lipinski definition) is 3. The maximum Gasteiger partial charge on any atom is 0.123 e. The van der Waals surface area contributed by atoms with Crippen molar-refractivity contribution in [1.29, 1.82) is 0 Å². The van der Waals surface area contributed by atoms with E-state index in [0.29, 0.717) is 0 Å². The molecule has 1 aromatic rings. The summed E-state index contributed by atoms with van der Waals surface area (Å²) in [7, 11) is 1.74. The molecule has 2 N–H and O–H groups in total. The van der Waals surface area contributed by atoms with E-state index in [9.17, 15) is 0 Å². The zero-order valence-electron chi connectivity index (χ0n) is 14.1. The minimum atomic E-state index is 0.0787. The monoisotopic (exact) mass is 292 g/mol. The van der Waals surface area contributed by atoms with E-state index in [-0.39, 0.29) is 12.1 Å². The average molecular weight is 292 g/mol. The highest BCUT2D eigenvalue weighted by Gasteiger charge is 2.25. The molecule has 0 fully saturated rings. The van der Waals surface area contributed by atoms with E-state index in [4.69, 9.17) is 10.5 Å². The molecule has 0 spiro atoms. The average Bonchev–Trinajstić information content (AvgIpc) is 2.49. The van der Waals surface area contributed by atoms with Gasteiger partial charge in [0.2, 0.25) is 0 Å². The summed E-state index contributed by atoms with van der Waals surface area (Å²) in [4.78, 5) is 2.54. The van der Waals surface area contributed by atoms with E-state index in [1.807, 2.05) is 12.1 Å². The van der Waals surface area contributed by atoms with Crippen LogP contribution in [0, 0.1) is 0 Å². The van der Waals surface area contributed by atoms with Gasteiger partial charge in [-0.15, -0.1) is 0 Å². The molecule has 21 heavy (non-hydrogen) atoms. The van der Waals surface area contributed by atoms with Crippen molar-refractivity contribution in [2.75, 3.05) is 20.2 Å². The van der Waals surface area contributed by atoms with Crippen LogP contribution < -0.4 is 10.5 Å². The summed E-state index contributed by atoms with van der Waals surface area (Å²) in [5, 5.41) is 0. The van der Waals surface area contributed by atoms with Gasteiger partial charge in [-0.2, -0.15) is 0 Å². The molecule has 0 bridgehead atoms. The van der Waals surface area contributed by atoms with Crippen LogP contribution in [0.25, 0.3) is 0 Å². The molecule has 0 heterocycles. The molecule has 0 saturated carbocycles. The van der Waals surface area contributed by atoms with Gasteiger partial charge in [0.05, 0.1) is 13.2 Å². The van der Waals surface area contributed by atoms with Crippen LogP contribution in [0.3, 0.4) is 0 Å². The fraction of sp³-hybridized carbons (Fsp3) is 0.667. The minimum Gasteiger partial charge on any atom is -0.496 e. The van der Waals surface area contributed by atoms with Crippen LogP contribution in [0.5, 0.6) is 5.75 Å². The lowest BCUT2D eigenvalue weighted by molar-refractivity contribution is 0.168.